The number of hydrogen-bond donors (Lipinski definition) is 3. The van der Waals surface area contributed by atoms with Crippen LogP contribution in [0.15, 0.2) is 42.5 Å². The molecule has 19 heteroatoms. The average molecular weight is 849 g/mol. The summed E-state index contributed by atoms with van der Waals surface area (Å²) in [6.07, 6.45) is -2.40. The molecule has 0 spiro atoms. The van der Waals surface area contributed by atoms with Crippen molar-refractivity contribution in [3.8, 4) is 17.0 Å². The molecular formula is C42H48F4N10O5. The molecule has 4 saturated heterocycles. The molecule has 0 aliphatic carbocycles. The van der Waals surface area contributed by atoms with Crippen molar-refractivity contribution in [1.29, 1.82) is 0 Å². The Bertz CT molecular complexity index is 2290. The predicted molar refractivity (Wildman–Crippen MR) is 215 cm³/mol. The lowest BCUT2D eigenvalue weighted by molar-refractivity contribution is -0.191. The molecule has 4 fully saturated rings. The fourth-order valence-electron chi connectivity index (χ4n) is 10.1. The number of piperidine rings is 2. The summed E-state index contributed by atoms with van der Waals surface area (Å²) in [7, 11) is 0. The second-order valence-corrected chi connectivity index (χ2v) is 17.7. The highest BCUT2D eigenvalue weighted by Crippen LogP contribution is 2.47. The van der Waals surface area contributed by atoms with E-state index in [4.69, 9.17) is 0 Å². The molecule has 3 aromatic rings. The lowest BCUT2D eigenvalue weighted by atomic mass is 9.89. The maximum Gasteiger partial charge on any atom is 0.415 e. The molecule has 5 amide bonds. The van der Waals surface area contributed by atoms with Crippen LogP contribution in [0.5, 0.6) is 5.75 Å². The number of rotatable bonds is 5. The molecule has 0 unspecified atom stereocenters. The summed E-state index contributed by atoms with van der Waals surface area (Å²) in [5.41, 5.74) is -0.631. The highest BCUT2D eigenvalue weighted by atomic mass is 19.4. The number of imide groups is 1. The van der Waals surface area contributed by atoms with E-state index < -0.39 is 59.9 Å². The molecular weight excluding hydrogens is 801 g/mol. The van der Waals surface area contributed by atoms with E-state index in [9.17, 15) is 28.7 Å². The zero-order valence-electron chi connectivity index (χ0n) is 34.0. The number of benzene rings is 2. The number of phenolic OH excluding ortho intramolecular Hbond substituents is 1. The molecule has 2 atom stereocenters. The van der Waals surface area contributed by atoms with Crippen molar-refractivity contribution in [2.45, 2.75) is 69.4 Å². The van der Waals surface area contributed by atoms with Crippen LogP contribution in [0.4, 0.5) is 39.5 Å². The van der Waals surface area contributed by atoms with Crippen molar-refractivity contribution in [2.75, 3.05) is 80.6 Å². The molecule has 3 N–H and O–H groups in total. The third-order valence-corrected chi connectivity index (χ3v) is 13.5. The molecule has 2 aromatic carbocycles. The maximum atomic E-state index is 15.3. The average Bonchev–Trinajstić information content (AvgIpc) is 3.55. The van der Waals surface area contributed by atoms with Gasteiger partial charge in [0, 0.05) is 82.1 Å². The Morgan fingerprint density at radius 1 is 0.934 bits per heavy atom. The summed E-state index contributed by atoms with van der Waals surface area (Å²) in [4.78, 5) is 62.1. The van der Waals surface area contributed by atoms with Gasteiger partial charge >= 0.3 is 12.2 Å². The lowest BCUT2D eigenvalue weighted by Gasteiger charge is -2.56. The molecule has 15 nitrogen and oxygen atoms in total. The first-order valence-electron chi connectivity index (χ1n) is 20.8. The minimum absolute atomic E-state index is 0.00405. The summed E-state index contributed by atoms with van der Waals surface area (Å²) >= 11 is 0. The van der Waals surface area contributed by atoms with Gasteiger partial charge in [0.15, 0.2) is 22.9 Å². The van der Waals surface area contributed by atoms with E-state index in [-0.39, 0.29) is 54.1 Å². The topological polar surface area (TPSA) is 158 Å². The fraction of sp³-hybridized carbons (Fsp3) is 0.524. The van der Waals surface area contributed by atoms with Crippen molar-refractivity contribution in [3.63, 3.8) is 0 Å². The Hall–Kier alpha value is -5.72. The van der Waals surface area contributed by atoms with Crippen molar-refractivity contribution < 1.29 is 41.8 Å². The number of nitrogens with one attached hydrogen (secondary N) is 2. The Labute approximate surface area is 349 Å². The van der Waals surface area contributed by atoms with Gasteiger partial charge < -0.3 is 34.9 Å². The number of aromatic hydroxyl groups is 1. The Morgan fingerprint density at radius 3 is 2.46 bits per heavy atom. The van der Waals surface area contributed by atoms with Crippen molar-refractivity contribution in [1.82, 2.24) is 35.1 Å². The van der Waals surface area contributed by atoms with Crippen LogP contribution in [-0.4, -0.2) is 147 Å². The summed E-state index contributed by atoms with van der Waals surface area (Å²) in [6.45, 7) is 6.87. The highest BCUT2D eigenvalue weighted by molar-refractivity contribution is 6.05. The summed E-state index contributed by atoms with van der Waals surface area (Å²) in [5, 5.41) is 23.6. The first kappa shape index (κ1) is 40.7. The van der Waals surface area contributed by atoms with Crippen molar-refractivity contribution in [3.05, 3.63) is 59.4 Å². The number of piperazine rings is 2. The number of carbonyl (C=O) groups is 4. The maximum absolute atomic E-state index is 15.3. The fourth-order valence-corrected chi connectivity index (χ4v) is 10.1. The van der Waals surface area contributed by atoms with Crippen LogP contribution in [0.1, 0.15) is 55.5 Å². The van der Waals surface area contributed by atoms with E-state index in [0.717, 1.165) is 49.8 Å². The first-order chi connectivity index (χ1) is 29.0. The van der Waals surface area contributed by atoms with Crippen LogP contribution in [0, 0.1) is 11.7 Å². The number of anilines is 3. The monoisotopic (exact) mass is 848 g/mol. The van der Waals surface area contributed by atoms with Crippen LogP contribution >= 0.6 is 0 Å². The Morgan fingerprint density at radius 2 is 1.72 bits per heavy atom. The third kappa shape index (κ3) is 7.13. The minimum Gasteiger partial charge on any atom is -0.504 e. The molecule has 6 aliphatic heterocycles. The zero-order valence-corrected chi connectivity index (χ0v) is 34.0. The van der Waals surface area contributed by atoms with Crippen LogP contribution in [0.25, 0.3) is 11.3 Å². The molecule has 324 valence electrons. The van der Waals surface area contributed by atoms with E-state index >= 15 is 13.2 Å². The predicted octanol–water partition coefficient (Wildman–Crippen LogP) is 4.03. The van der Waals surface area contributed by atoms with Gasteiger partial charge in [0.25, 0.3) is 5.91 Å². The van der Waals surface area contributed by atoms with Gasteiger partial charge in [-0.25, -0.2) is 9.18 Å². The highest BCUT2D eigenvalue weighted by Gasteiger charge is 2.63. The number of hydrogen-bond acceptors (Lipinski definition) is 11. The summed E-state index contributed by atoms with van der Waals surface area (Å²) in [6, 6.07) is 9.98. The molecule has 0 bridgehead atoms. The SMILES string of the molecule is CC1(C)CN(CC2CCN(c3ccc4c(c3)C(=O)N([C@H]3CCC(=O)NC3=O)C4)CC2)CCN1C(=O)N1CCN2c3cc(-c4cccc(F)c4O)nnc3NC[C@@]2(C(F)(F)F)C1. The molecule has 0 saturated carbocycles. The van der Waals surface area contributed by atoms with Gasteiger partial charge in [-0.2, -0.15) is 13.2 Å². The van der Waals surface area contributed by atoms with Gasteiger partial charge in [0.2, 0.25) is 11.8 Å². The van der Waals surface area contributed by atoms with Crippen LogP contribution in [-0.2, 0) is 16.1 Å². The van der Waals surface area contributed by atoms with Gasteiger partial charge in [0.05, 0.1) is 30.0 Å². The quantitative estimate of drug-likeness (QED) is 0.252. The molecule has 9 rings (SSSR count). The third-order valence-electron chi connectivity index (χ3n) is 13.5. The molecule has 7 heterocycles. The number of aromatic nitrogens is 2. The van der Waals surface area contributed by atoms with Gasteiger partial charge in [-0.05, 0) is 74.9 Å². The standard InChI is InChI=1S/C42H48F4N10O5/c1-40(2)23-51(20-25-10-12-52(13-11-25)27-7-6-26-21-54(38(60)29(26)18-27)32-8-9-34(57)48-37(32)59)14-16-56(40)39(61)53-15-17-55-33-19-31(28-4-3-5-30(43)35(28)58)49-50-36(33)47-22-41(55,24-53)42(44,45)46/h3-7,18-19,25,32,58H,8-17,20-24H2,1-2H3,(H,47,50)(H,48,57,59)/t32-,41-/m0/s1. The van der Waals surface area contributed by atoms with Crippen molar-refractivity contribution >= 4 is 40.9 Å². The summed E-state index contributed by atoms with van der Waals surface area (Å²) < 4.78 is 60.0. The van der Waals surface area contributed by atoms with Crippen LogP contribution in [0.3, 0.4) is 0 Å². The molecule has 6 aliphatic rings. The van der Waals surface area contributed by atoms with E-state index in [2.05, 4.69) is 30.6 Å². The number of nitrogens with zero attached hydrogens (tertiary/aromatic N) is 8. The van der Waals surface area contributed by atoms with Gasteiger partial charge in [-0.15, -0.1) is 10.2 Å². The number of para-hydroxylation sites is 1. The second kappa shape index (κ2) is 15.0. The normalized spacial score (nSPS) is 24.6. The molecule has 0 radical (unpaired) electrons. The smallest absolute Gasteiger partial charge is 0.415 e. The van der Waals surface area contributed by atoms with Crippen LogP contribution < -0.4 is 20.4 Å². The first-order valence-corrected chi connectivity index (χ1v) is 20.8. The van der Waals surface area contributed by atoms with E-state index in [1.807, 2.05) is 32.0 Å². The number of phenols is 1. The zero-order chi connectivity index (χ0) is 43.0. The number of fused-ring (bicyclic) bond motifs is 4. The van der Waals surface area contributed by atoms with Gasteiger partial charge in [-0.1, -0.05) is 12.1 Å². The van der Waals surface area contributed by atoms with Gasteiger partial charge in [0.1, 0.15) is 6.04 Å². The summed E-state index contributed by atoms with van der Waals surface area (Å²) in [5.74, 6) is -2.01. The number of amides is 5. The number of alkyl halides is 3. The molecule has 61 heavy (non-hydrogen) atoms. The van der Waals surface area contributed by atoms with E-state index in [0.29, 0.717) is 44.1 Å². The lowest BCUT2D eigenvalue weighted by Crippen LogP contribution is -2.75. The van der Waals surface area contributed by atoms with E-state index in [1.54, 1.807) is 9.80 Å². The Balaban J connectivity index is 0.813. The minimum atomic E-state index is -4.76. The number of halogens is 4. The largest absolute Gasteiger partial charge is 0.504 e. The number of carbonyl (C=O) groups excluding carboxylic acids is 4. The van der Waals surface area contributed by atoms with E-state index in [1.165, 1.54) is 28.0 Å². The van der Waals surface area contributed by atoms with Crippen molar-refractivity contribution in [2.24, 2.45) is 5.92 Å². The number of urea groups is 1. The Kier molecular flexibility index (Phi) is 10.0. The molecule has 1 aromatic heterocycles. The van der Waals surface area contributed by atoms with Gasteiger partial charge in [-0.3, -0.25) is 24.6 Å². The van der Waals surface area contributed by atoms with Crippen LogP contribution in [0.2, 0.25) is 0 Å². The second-order valence-electron chi connectivity index (χ2n) is 17.7.